The van der Waals surface area contributed by atoms with Gasteiger partial charge < -0.3 is 20.7 Å². The van der Waals surface area contributed by atoms with Gasteiger partial charge >= 0.3 is 13.6 Å². The molecule has 236 valence electrons. The molecule has 22 heteroatoms. The number of aliphatic hydroxyl groups excluding tert-OH is 2. The molecule has 0 saturated carbocycles. The third-order valence-electron chi connectivity index (χ3n) is 7.44. The van der Waals surface area contributed by atoms with Crippen molar-refractivity contribution in [2.75, 3.05) is 18.9 Å². The summed E-state index contributed by atoms with van der Waals surface area (Å²) < 4.78 is 60.0. The Kier molecular flexibility index (Phi) is 7.95. The van der Waals surface area contributed by atoms with Gasteiger partial charge in [0.05, 0.1) is 30.5 Å². The maximum absolute atomic E-state index is 13.6. The zero-order valence-corrected chi connectivity index (χ0v) is 26.6. The van der Waals surface area contributed by atoms with Crippen LogP contribution in [0.1, 0.15) is 11.6 Å². The molecule has 0 spiro atoms. The van der Waals surface area contributed by atoms with E-state index >= 15 is 0 Å². The summed E-state index contributed by atoms with van der Waals surface area (Å²) in [6, 6.07) is 2.85. The van der Waals surface area contributed by atoms with E-state index in [2.05, 4.69) is 39.4 Å². The second kappa shape index (κ2) is 11.4. The molecule has 0 aromatic carbocycles. The highest BCUT2D eigenvalue weighted by Crippen LogP contribution is 2.61. The van der Waals surface area contributed by atoms with Gasteiger partial charge in [-0.2, -0.15) is 0 Å². The van der Waals surface area contributed by atoms with Gasteiger partial charge in [-0.05, 0) is 6.07 Å². The van der Waals surface area contributed by atoms with Crippen LogP contribution in [0, 0.1) is 0 Å². The second-order valence-electron chi connectivity index (χ2n) is 10.2. The maximum atomic E-state index is 13.6. The molecule has 3 saturated heterocycles. The van der Waals surface area contributed by atoms with Crippen molar-refractivity contribution in [1.82, 2.24) is 28.5 Å². The summed E-state index contributed by atoms with van der Waals surface area (Å²) in [6.07, 6.45) is -0.580. The topological polar surface area (TPSA) is 217 Å². The fourth-order valence-corrected chi connectivity index (χ4v) is 10.0. The number of thioether (sulfide) groups is 1. The Morgan fingerprint density at radius 2 is 1.70 bits per heavy atom. The van der Waals surface area contributed by atoms with Crippen LogP contribution >= 0.6 is 49.9 Å². The number of aromatic nitrogens is 6. The first-order chi connectivity index (χ1) is 20.9. The van der Waals surface area contributed by atoms with Crippen LogP contribution < -0.4 is 11.3 Å². The van der Waals surface area contributed by atoms with E-state index in [1.807, 2.05) is 0 Å². The highest BCUT2D eigenvalue weighted by molar-refractivity contribution is 8.44. The SMILES string of the molecule is Nc1ccnc2c1ncn2[C@@H]1S[C@@H]2CO[P@@](=O)(S)O[C@@H]3[C@H](O)[C@@H](CO[P@@](=O)(S)O[C@H]2[C@H]1O)O[C@H]3n1ccc(=O)n2ccnc12. The summed E-state index contributed by atoms with van der Waals surface area (Å²) in [4.78, 5) is 25.1. The molecule has 3 aliphatic rings. The van der Waals surface area contributed by atoms with Gasteiger partial charge in [0.15, 0.2) is 11.9 Å². The molecule has 2 bridgehead atoms. The largest absolute Gasteiger partial charge is 0.397 e. The van der Waals surface area contributed by atoms with E-state index in [1.165, 1.54) is 46.1 Å². The van der Waals surface area contributed by atoms with Gasteiger partial charge in [0, 0.05) is 30.9 Å². The molecule has 17 nitrogen and oxygen atoms in total. The lowest BCUT2D eigenvalue weighted by Crippen LogP contribution is -2.35. The maximum Gasteiger partial charge on any atom is 0.386 e. The molecule has 0 amide bonds. The molecule has 4 N–H and O–H groups in total. The van der Waals surface area contributed by atoms with Crippen LogP contribution in [-0.2, 0) is 32.0 Å². The Balaban J connectivity index is 1.21. The Bertz CT molecular complexity index is 1890. The smallest absolute Gasteiger partial charge is 0.386 e. The molecule has 3 fully saturated rings. The Hall–Kier alpha value is -1.93. The zero-order chi connectivity index (χ0) is 31.0. The van der Waals surface area contributed by atoms with E-state index in [0.717, 1.165) is 11.8 Å². The number of aliphatic hydroxyl groups is 2. The van der Waals surface area contributed by atoms with Gasteiger partial charge in [-0.1, -0.05) is 24.5 Å². The molecule has 3 aliphatic heterocycles. The zero-order valence-electron chi connectivity index (χ0n) is 22.2. The average Bonchev–Trinajstić information content (AvgIpc) is 3.75. The van der Waals surface area contributed by atoms with Crippen LogP contribution in [0.25, 0.3) is 16.9 Å². The lowest BCUT2D eigenvalue weighted by molar-refractivity contribution is -0.0506. The highest BCUT2D eigenvalue weighted by atomic mass is 32.7. The van der Waals surface area contributed by atoms with Crippen molar-refractivity contribution >= 4 is 72.5 Å². The fraction of sp³-hybridized carbons (Fsp3) is 0.455. The number of pyridine rings is 1. The monoisotopic (exact) mass is 705 g/mol. The summed E-state index contributed by atoms with van der Waals surface area (Å²) in [5.41, 5.74) is 6.87. The van der Waals surface area contributed by atoms with Gasteiger partial charge in [0.1, 0.15) is 41.4 Å². The number of hydrogen-bond acceptors (Lipinski definition) is 15. The lowest BCUT2D eigenvalue weighted by atomic mass is 10.1. The minimum atomic E-state index is -4.25. The van der Waals surface area contributed by atoms with E-state index in [4.69, 9.17) is 28.6 Å². The molecular formula is C22H25N7O10P2S3. The minimum absolute atomic E-state index is 0.151. The average molecular weight is 706 g/mol. The number of imidazole rings is 2. The van der Waals surface area contributed by atoms with E-state index in [0.29, 0.717) is 16.9 Å². The highest BCUT2D eigenvalue weighted by Gasteiger charge is 2.53. The number of anilines is 1. The van der Waals surface area contributed by atoms with Crippen molar-refractivity contribution in [1.29, 1.82) is 0 Å². The number of fused-ring (bicyclic) bond motifs is 5. The molecular weight excluding hydrogens is 680 g/mol. The van der Waals surface area contributed by atoms with Crippen molar-refractivity contribution in [2.45, 2.75) is 47.4 Å². The van der Waals surface area contributed by atoms with Crippen LogP contribution in [0.2, 0.25) is 0 Å². The normalized spacial score (nSPS) is 38.3. The number of ether oxygens (including phenoxy) is 1. The van der Waals surface area contributed by atoms with Crippen molar-refractivity contribution in [2.24, 2.45) is 0 Å². The number of hydrogen-bond donors (Lipinski definition) is 5. The Morgan fingerprint density at radius 3 is 2.50 bits per heavy atom. The number of nitrogen functional groups attached to an aromatic ring is 1. The molecule has 10 atom stereocenters. The van der Waals surface area contributed by atoms with Gasteiger partial charge in [0.2, 0.25) is 5.78 Å². The van der Waals surface area contributed by atoms with Gasteiger partial charge in [0.25, 0.3) is 5.56 Å². The third-order valence-corrected chi connectivity index (χ3v) is 12.2. The van der Waals surface area contributed by atoms with Crippen molar-refractivity contribution in [3.63, 3.8) is 0 Å². The molecule has 0 unspecified atom stereocenters. The van der Waals surface area contributed by atoms with Gasteiger partial charge in [-0.3, -0.25) is 36.4 Å². The number of nitrogens with two attached hydrogens (primary N) is 1. The van der Waals surface area contributed by atoms with Gasteiger partial charge in [-0.25, -0.2) is 24.1 Å². The molecule has 0 radical (unpaired) electrons. The molecule has 0 aliphatic carbocycles. The van der Waals surface area contributed by atoms with Crippen molar-refractivity contribution in [3.05, 3.63) is 53.6 Å². The van der Waals surface area contributed by atoms with E-state index in [9.17, 15) is 24.1 Å². The second-order valence-corrected chi connectivity index (χ2v) is 17.3. The van der Waals surface area contributed by atoms with Crippen LogP contribution in [0.15, 0.2) is 48.0 Å². The lowest BCUT2D eigenvalue weighted by Gasteiger charge is -2.27. The third kappa shape index (κ3) is 5.44. The Morgan fingerprint density at radius 1 is 0.955 bits per heavy atom. The van der Waals surface area contributed by atoms with Crippen LogP contribution in [0.5, 0.6) is 0 Å². The number of thiol groups is 2. The van der Waals surface area contributed by atoms with E-state index < -0.39 is 67.6 Å². The fourth-order valence-electron chi connectivity index (χ4n) is 5.40. The van der Waals surface area contributed by atoms with E-state index in [-0.39, 0.29) is 17.9 Å². The molecule has 44 heavy (non-hydrogen) atoms. The first kappa shape index (κ1) is 30.7. The predicted molar refractivity (Wildman–Crippen MR) is 163 cm³/mol. The molecule has 4 aromatic heterocycles. The Labute approximate surface area is 262 Å². The molecule has 7 heterocycles. The number of nitrogens with zero attached hydrogens (tertiary/aromatic N) is 6. The summed E-state index contributed by atoms with van der Waals surface area (Å²) >= 11 is 9.42. The summed E-state index contributed by atoms with van der Waals surface area (Å²) in [5.74, 6) is 0.151. The minimum Gasteiger partial charge on any atom is -0.397 e. The van der Waals surface area contributed by atoms with E-state index in [1.54, 1.807) is 10.6 Å². The van der Waals surface area contributed by atoms with Crippen LogP contribution in [0.3, 0.4) is 0 Å². The standard InChI is InChI=1S/C22H25N7O10P2S3/c23-10-1-3-24-19-14(10)26-9-29(19)21-16(32)17-12(44-21)8-36-41(34,43)39-18-15(31)11(7-35-40(33,42)38-17)37-20(18)28-5-2-13(30)27-6-4-25-22(27)28/h1-6,9,11-12,15-18,20-21,31-32H,7-8H2,(H2,23,24)(H,33,42)(H,34,43)/t11-,12-,15-,16-,17-,18-,20-,21-,40-,41-/m1/s1. The van der Waals surface area contributed by atoms with Gasteiger partial charge in [-0.15, -0.1) is 11.8 Å². The molecule has 4 aromatic rings. The van der Waals surface area contributed by atoms with Crippen molar-refractivity contribution in [3.8, 4) is 0 Å². The van der Waals surface area contributed by atoms with Crippen LogP contribution in [-0.4, -0.2) is 87.7 Å². The summed E-state index contributed by atoms with van der Waals surface area (Å²) in [6.45, 7) is -9.33. The summed E-state index contributed by atoms with van der Waals surface area (Å²) in [7, 11) is 0. The molecule has 7 rings (SSSR count). The summed E-state index contributed by atoms with van der Waals surface area (Å²) in [5, 5.41) is 21.0. The number of rotatable bonds is 2. The van der Waals surface area contributed by atoms with Crippen LogP contribution in [0.4, 0.5) is 5.69 Å². The quantitative estimate of drug-likeness (QED) is 0.148. The predicted octanol–water partition coefficient (Wildman–Crippen LogP) is 1.65. The van der Waals surface area contributed by atoms with Crippen molar-refractivity contribution < 1.29 is 42.2 Å². The first-order valence-corrected chi connectivity index (χ1v) is 19.4. The first-order valence-electron chi connectivity index (χ1n) is 13.0.